The number of β-lactam (4-membered cyclic amide) rings is 1. The third-order valence-electron chi connectivity index (χ3n) is 7.58. The van der Waals surface area contributed by atoms with E-state index in [9.17, 15) is 29.4 Å². The molecule has 10 nitrogen and oxygen atoms in total. The van der Waals surface area contributed by atoms with Crippen molar-refractivity contribution in [3.8, 4) is 0 Å². The van der Waals surface area contributed by atoms with E-state index in [1.165, 1.54) is 18.0 Å². The molecule has 1 saturated heterocycles. The quantitative estimate of drug-likeness (QED) is 0.0899. The number of aromatic nitrogens is 1. The lowest BCUT2D eigenvalue weighted by atomic mass is 9.77. The van der Waals surface area contributed by atoms with Gasteiger partial charge < -0.3 is 20.8 Å². The van der Waals surface area contributed by atoms with E-state index in [0.717, 1.165) is 32.9 Å². The van der Waals surface area contributed by atoms with Gasteiger partial charge in [-0.25, -0.2) is 9.78 Å². The van der Waals surface area contributed by atoms with E-state index < -0.39 is 47.1 Å². The molecule has 2 aliphatic heterocycles. The second-order valence-corrected chi connectivity index (χ2v) is 12.2. The van der Waals surface area contributed by atoms with E-state index in [1.807, 2.05) is 91.0 Å². The first-order chi connectivity index (χ1) is 21.3. The fourth-order valence-electron chi connectivity index (χ4n) is 5.50. The van der Waals surface area contributed by atoms with E-state index in [4.69, 9.17) is 0 Å². The normalized spacial score (nSPS) is 17.8. The van der Waals surface area contributed by atoms with Gasteiger partial charge in [0, 0.05) is 5.75 Å². The lowest BCUT2D eigenvalue weighted by molar-refractivity contribution is -0.150. The Morgan fingerprint density at radius 2 is 1.45 bits per heavy atom. The number of aliphatic carboxylic acids is 1. The molecule has 222 valence electrons. The van der Waals surface area contributed by atoms with Crippen molar-refractivity contribution in [3.05, 3.63) is 130 Å². The van der Waals surface area contributed by atoms with Crippen LogP contribution in [0.2, 0.25) is 0 Å². The largest absolute Gasteiger partial charge is 0.477 e. The molecule has 2 amide bonds. The number of hydrogen-bond acceptors (Lipinski definition) is 9. The summed E-state index contributed by atoms with van der Waals surface area (Å²) < 4.78 is 0. The van der Waals surface area contributed by atoms with E-state index in [-0.39, 0.29) is 21.9 Å². The second kappa shape index (κ2) is 12.1. The third kappa shape index (κ3) is 5.06. The number of hydrogen-bond donors (Lipinski definition) is 4. The number of ketones is 1. The van der Waals surface area contributed by atoms with Gasteiger partial charge in [0.2, 0.25) is 0 Å². The van der Waals surface area contributed by atoms with E-state index in [0.29, 0.717) is 5.13 Å². The topological polar surface area (TPSA) is 149 Å². The van der Waals surface area contributed by atoms with Crippen molar-refractivity contribution < 1.29 is 29.4 Å². The van der Waals surface area contributed by atoms with Crippen LogP contribution < -0.4 is 10.6 Å². The van der Waals surface area contributed by atoms with Crippen LogP contribution in [0.3, 0.4) is 0 Å². The predicted molar refractivity (Wildman–Crippen MR) is 166 cm³/mol. The standard InChI is InChI=1S/C32H26N4O6S2/c37-17-19-18-43-29-24(28(40)36(29)25(19)30(41)42)34-27(39)26(38)23-16-33-31(44-23)35-32(20-10-4-1-5-11-20,21-12-6-2-7-13-21)22-14-8-3-9-15-22/h1-16,24,29,37H,17-18H2,(H,33,35)(H,34,39)(H,41,42). The molecule has 0 radical (unpaired) electrons. The average molecular weight is 627 g/mol. The van der Waals surface area contributed by atoms with Crippen molar-refractivity contribution in [3.63, 3.8) is 0 Å². The molecule has 12 heteroatoms. The second-order valence-electron chi connectivity index (χ2n) is 10.1. The van der Waals surface area contributed by atoms with Crippen molar-refractivity contribution in [2.75, 3.05) is 17.7 Å². The monoisotopic (exact) mass is 626 g/mol. The molecule has 1 aromatic heterocycles. The van der Waals surface area contributed by atoms with E-state index in [1.54, 1.807) is 0 Å². The van der Waals surface area contributed by atoms with Crippen LogP contribution in [0.15, 0.2) is 108 Å². The summed E-state index contributed by atoms with van der Waals surface area (Å²) in [5.41, 5.74) is 1.87. The van der Waals surface area contributed by atoms with Crippen LogP contribution in [0, 0.1) is 0 Å². The molecule has 3 aromatic carbocycles. The third-order valence-corrected chi connectivity index (χ3v) is 9.83. The number of rotatable bonds is 10. The highest BCUT2D eigenvalue weighted by atomic mass is 32.2. The molecular formula is C32H26N4O6S2. The molecule has 1 fully saturated rings. The maximum atomic E-state index is 13.2. The summed E-state index contributed by atoms with van der Waals surface area (Å²) in [5.74, 6) is -3.67. The number of fused-ring (bicyclic) bond motifs is 1. The lowest BCUT2D eigenvalue weighted by Gasteiger charge is -2.49. The van der Waals surface area contributed by atoms with Crippen LogP contribution in [0.25, 0.3) is 0 Å². The maximum Gasteiger partial charge on any atom is 0.352 e. The minimum atomic E-state index is -1.34. The first-order valence-corrected chi connectivity index (χ1v) is 15.5. The van der Waals surface area contributed by atoms with Gasteiger partial charge in [-0.3, -0.25) is 19.3 Å². The van der Waals surface area contributed by atoms with Crippen molar-refractivity contribution in [1.29, 1.82) is 0 Å². The molecule has 2 unspecified atom stereocenters. The SMILES string of the molecule is O=C(O)C1=C(CO)CSC2C(NC(=O)C(=O)c3cnc(NC(c4ccccc4)(c4ccccc4)c4ccccc4)s3)C(=O)N12. The molecule has 6 rings (SSSR count). The molecule has 4 aromatic rings. The zero-order chi connectivity index (χ0) is 30.8. The Morgan fingerprint density at radius 1 is 0.909 bits per heavy atom. The zero-order valence-electron chi connectivity index (χ0n) is 23.0. The van der Waals surface area contributed by atoms with E-state index >= 15 is 0 Å². The number of carbonyl (C=O) groups excluding carboxylic acids is 3. The molecule has 2 aliphatic rings. The van der Waals surface area contributed by atoms with Gasteiger partial charge in [-0.15, -0.1) is 11.8 Å². The molecule has 0 spiro atoms. The van der Waals surface area contributed by atoms with Crippen LogP contribution in [-0.2, 0) is 19.9 Å². The minimum absolute atomic E-state index is 0.0710. The molecule has 4 N–H and O–H groups in total. The Hall–Kier alpha value is -4.78. The van der Waals surface area contributed by atoms with Crippen LogP contribution in [0.4, 0.5) is 5.13 Å². The molecule has 2 atom stereocenters. The Kier molecular flexibility index (Phi) is 8.04. The number of benzene rings is 3. The highest BCUT2D eigenvalue weighted by molar-refractivity contribution is 8.00. The number of thioether (sulfide) groups is 1. The minimum Gasteiger partial charge on any atom is -0.477 e. The highest BCUT2D eigenvalue weighted by Crippen LogP contribution is 2.42. The number of anilines is 1. The first kappa shape index (κ1) is 29.3. The molecule has 44 heavy (non-hydrogen) atoms. The Balaban J connectivity index is 1.26. The van der Waals surface area contributed by atoms with Gasteiger partial charge in [0.15, 0.2) is 5.13 Å². The number of carbonyl (C=O) groups is 4. The summed E-state index contributed by atoms with van der Waals surface area (Å²) in [5, 5.41) is 24.8. The van der Waals surface area contributed by atoms with Gasteiger partial charge in [0.05, 0.1) is 12.8 Å². The summed E-state index contributed by atoms with van der Waals surface area (Å²) in [4.78, 5) is 56.3. The number of carboxylic acids is 1. The number of aliphatic hydroxyl groups excluding tert-OH is 1. The summed E-state index contributed by atoms with van der Waals surface area (Å²) in [6, 6.07) is 28.5. The van der Waals surface area contributed by atoms with Gasteiger partial charge in [0.1, 0.15) is 27.5 Å². The van der Waals surface area contributed by atoms with Crippen molar-refractivity contribution in [2.24, 2.45) is 0 Å². The fourth-order valence-corrected chi connectivity index (χ4v) is 7.65. The van der Waals surface area contributed by atoms with Crippen molar-refractivity contribution in [2.45, 2.75) is 17.0 Å². The van der Waals surface area contributed by atoms with Crippen molar-refractivity contribution in [1.82, 2.24) is 15.2 Å². The molecule has 0 bridgehead atoms. The van der Waals surface area contributed by atoms with Gasteiger partial charge >= 0.3 is 5.97 Å². The maximum absolute atomic E-state index is 13.2. The van der Waals surface area contributed by atoms with Gasteiger partial charge in [0.25, 0.3) is 17.6 Å². The van der Waals surface area contributed by atoms with Crippen LogP contribution in [0.1, 0.15) is 26.4 Å². The van der Waals surface area contributed by atoms with E-state index in [2.05, 4.69) is 15.6 Å². The van der Waals surface area contributed by atoms with Gasteiger partial charge in [-0.1, -0.05) is 102 Å². The Bertz CT molecular complexity index is 1660. The Morgan fingerprint density at radius 3 is 1.95 bits per heavy atom. The number of nitrogens with zero attached hydrogens (tertiary/aromatic N) is 2. The Labute approximate surface area is 260 Å². The predicted octanol–water partition coefficient (Wildman–Crippen LogP) is 3.46. The number of Topliss-reactive ketones (excluding diaryl/α,β-unsaturated/α-hetero) is 1. The molecule has 0 aliphatic carbocycles. The summed E-state index contributed by atoms with van der Waals surface area (Å²) in [6.07, 6.45) is 1.32. The summed E-state index contributed by atoms with van der Waals surface area (Å²) in [7, 11) is 0. The van der Waals surface area contributed by atoms with Crippen LogP contribution in [0.5, 0.6) is 0 Å². The molecule has 3 heterocycles. The number of nitrogens with one attached hydrogen (secondary N) is 2. The highest BCUT2D eigenvalue weighted by Gasteiger charge is 2.54. The first-order valence-electron chi connectivity index (χ1n) is 13.6. The smallest absolute Gasteiger partial charge is 0.352 e. The van der Waals surface area contributed by atoms with Gasteiger partial charge in [-0.05, 0) is 22.3 Å². The summed E-state index contributed by atoms with van der Waals surface area (Å²) in [6.45, 7) is -0.498. The van der Waals surface area contributed by atoms with Crippen LogP contribution >= 0.6 is 23.1 Å². The zero-order valence-corrected chi connectivity index (χ0v) is 24.7. The lowest BCUT2D eigenvalue weighted by Crippen LogP contribution is -2.71. The summed E-state index contributed by atoms with van der Waals surface area (Å²) >= 11 is 2.23. The number of aliphatic hydroxyl groups is 1. The van der Waals surface area contributed by atoms with Gasteiger partial charge in [-0.2, -0.15) is 0 Å². The number of amides is 2. The van der Waals surface area contributed by atoms with Crippen LogP contribution in [-0.4, -0.2) is 67.4 Å². The number of carboxylic acid groups (broad SMARTS) is 1. The molecule has 0 saturated carbocycles. The van der Waals surface area contributed by atoms with Crippen molar-refractivity contribution >= 4 is 51.8 Å². The average Bonchev–Trinajstić information content (AvgIpc) is 3.54. The molecular weight excluding hydrogens is 601 g/mol. The number of thiazole rings is 1. The fraction of sp³-hybridized carbons (Fsp3) is 0.156.